The van der Waals surface area contributed by atoms with Crippen molar-refractivity contribution >= 4 is 5.69 Å². The predicted molar refractivity (Wildman–Crippen MR) is 76.2 cm³/mol. The van der Waals surface area contributed by atoms with Crippen molar-refractivity contribution in [2.45, 2.75) is 0 Å². The molecule has 0 radical (unpaired) electrons. The Bertz CT molecular complexity index is 756. The van der Waals surface area contributed by atoms with Gasteiger partial charge in [-0.3, -0.25) is 4.57 Å². The van der Waals surface area contributed by atoms with Gasteiger partial charge in [-0.2, -0.15) is 0 Å². The summed E-state index contributed by atoms with van der Waals surface area (Å²) in [5, 5.41) is 0. The van der Waals surface area contributed by atoms with E-state index in [1.165, 1.54) is 0 Å². The molecule has 1 heterocycles. The summed E-state index contributed by atoms with van der Waals surface area (Å²) in [4.78, 5) is 14.7. The molecule has 2 aromatic carbocycles. The molecular weight excluding hydrogens is 238 g/mol. The van der Waals surface area contributed by atoms with Gasteiger partial charge in [-0.1, -0.05) is 36.4 Å². The number of anilines is 1. The van der Waals surface area contributed by atoms with E-state index in [4.69, 9.17) is 5.73 Å². The molecule has 0 amide bonds. The first-order chi connectivity index (χ1) is 9.25. The number of rotatable bonds is 2. The van der Waals surface area contributed by atoms with Crippen molar-refractivity contribution in [1.82, 2.24) is 9.55 Å². The topological polar surface area (TPSA) is 63.8 Å². The van der Waals surface area contributed by atoms with Crippen molar-refractivity contribution in [3.8, 4) is 16.9 Å². The zero-order valence-electron chi connectivity index (χ0n) is 10.2. The molecule has 4 nitrogen and oxygen atoms in total. The second kappa shape index (κ2) is 4.49. The maximum Gasteiger partial charge on any atom is 0.330 e. The number of hydrogen-bond donors (Lipinski definition) is 2. The first kappa shape index (κ1) is 11.3. The molecule has 0 fully saturated rings. The van der Waals surface area contributed by atoms with Crippen LogP contribution in [0.3, 0.4) is 0 Å². The average Bonchev–Trinajstić information content (AvgIpc) is 2.82. The highest BCUT2D eigenvalue weighted by Crippen LogP contribution is 2.21. The van der Waals surface area contributed by atoms with Gasteiger partial charge in [0.1, 0.15) is 0 Å². The van der Waals surface area contributed by atoms with E-state index in [0.717, 1.165) is 16.9 Å². The number of H-pyrrole nitrogens is 1. The summed E-state index contributed by atoms with van der Waals surface area (Å²) in [5.41, 5.74) is 8.78. The highest BCUT2D eigenvalue weighted by Gasteiger charge is 2.10. The normalized spacial score (nSPS) is 10.5. The highest BCUT2D eigenvalue weighted by atomic mass is 16.1. The van der Waals surface area contributed by atoms with E-state index in [1.54, 1.807) is 22.9 Å². The Morgan fingerprint density at radius 3 is 2.53 bits per heavy atom. The molecule has 3 rings (SSSR count). The fourth-order valence-corrected chi connectivity index (χ4v) is 2.11. The summed E-state index contributed by atoms with van der Waals surface area (Å²) < 4.78 is 1.62. The summed E-state index contributed by atoms with van der Waals surface area (Å²) >= 11 is 0. The Hall–Kier alpha value is -2.75. The van der Waals surface area contributed by atoms with Gasteiger partial charge in [-0.05, 0) is 18.2 Å². The second-order valence-electron chi connectivity index (χ2n) is 4.28. The Morgan fingerprint density at radius 1 is 1.00 bits per heavy atom. The lowest BCUT2D eigenvalue weighted by Crippen LogP contribution is -2.15. The van der Waals surface area contributed by atoms with Crippen LogP contribution in [0.2, 0.25) is 0 Å². The number of hydrogen-bond acceptors (Lipinski definition) is 2. The number of nitrogens with one attached hydrogen (secondary N) is 1. The zero-order chi connectivity index (χ0) is 13.2. The highest BCUT2D eigenvalue weighted by molar-refractivity contribution is 5.62. The Kier molecular flexibility index (Phi) is 2.68. The molecule has 4 heteroatoms. The SMILES string of the molecule is Nc1cccc(-n2c(-c3ccccc3)c[nH]c2=O)c1. The number of nitrogens with two attached hydrogens (primary N) is 1. The van der Waals surface area contributed by atoms with Crippen LogP contribution in [0.25, 0.3) is 16.9 Å². The molecule has 0 aliphatic carbocycles. The predicted octanol–water partition coefficient (Wildman–Crippen LogP) is 2.41. The maximum absolute atomic E-state index is 12.0. The standard InChI is InChI=1S/C15H13N3O/c16-12-7-4-8-13(9-12)18-14(10-17-15(18)19)11-5-2-1-3-6-11/h1-10H,16H2,(H,17,19). The molecule has 0 saturated heterocycles. The van der Waals surface area contributed by atoms with Crippen LogP contribution in [-0.4, -0.2) is 9.55 Å². The number of aromatic nitrogens is 2. The number of imidazole rings is 1. The molecule has 0 aliphatic rings. The van der Waals surface area contributed by atoms with E-state index in [-0.39, 0.29) is 5.69 Å². The molecule has 3 aromatic rings. The van der Waals surface area contributed by atoms with Gasteiger partial charge >= 0.3 is 5.69 Å². The van der Waals surface area contributed by atoms with E-state index >= 15 is 0 Å². The molecule has 0 spiro atoms. The quantitative estimate of drug-likeness (QED) is 0.687. The van der Waals surface area contributed by atoms with E-state index in [2.05, 4.69) is 4.98 Å². The molecular formula is C15H13N3O. The molecule has 0 bridgehead atoms. The van der Waals surface area contributed by atoms with Crippen molar-refractivity contribution in [3.05, 3.63) is 71.3 Å². The minimum absolute atomic E-state index is 0.176. The Balaban J connectivity index is 2.23. The molecule has 0 atom stereocenters. The monoisotopic (exact) mass is 251 g/mol. The van der Waals surface area contributed by atoms with Gasteiger partial charge in [0.25, 0.3) is 0 Å². The Morgan fingerprint density at radius 2 is 1.79 bits per heavy atom. The van der Waals surface area contributed by atoms with Gasteiger partial charge in [-0.15, -0.1) is 0 Å². The van der Waals surface area contributed by atoms with Crippen LogP contribution in [-0.2, 0) is 0 Å². The first-order valence-corrected chi connectivity index (χ1v) is 5.97. The molecule has 0 unspecified atom stereocenters. The molecule has 0 saturated carbocycles. The van der Waals surface area contributed by atoms with Crippen LogP contribution >= 0.6 is 0 Å². The lowest BCUT2D eigenvalue weighted by molar-refractivity contribution is 0.994. The van der Waals surface area contributed by atoms with Gasteiger partial charge in [0.05, 0.1) is 11.4 Å². The Labute approximate surface area is 110 Å². The first-order valence-electron chi connectivity index (χ1n) is 5.97. The minimum Gasteiger partial charge on any atom is -0.399 e. The van der Waals surface area contributed by atoms with Gasteiger partial charge in [0.2, 0.25) is 0 Å². The van der Waals surface area contributed by atoms with Crippen molar-refractivity contribution in [2.75, 3.05) is 5.73 Å². The third-order valence-electron chi connectivity index (χ3n) is 2.97. The van der Waals surface area contributed by atoms with Crippen molar-refractivity contribution < 1.29 is 0 Å². The molecule has 0 aliphatic heterocycles. The molecule has 3 N–H and O–H groups in total. The van der Waals surface area contributed by atoms with Crippen LogP contribution in [0.1, 0.15) is 0 Å². The number of aromatic amines is 1. The summed E-state index contributed by atoms with van der Waals surface area (Å²) in [6.07, 6.45) is 1.71. The lowest BCUT2D eigenvalue weighted by Gasteiger charge is -2.08. The van der Waals surface area contributed by atoms with Gasteiger partial charge in [0.15, 0.2) is 0 Å². The number of benzene rings is 2. The molecule has 1 aromatic heterocycles. The summed E-state index contributed by atoms with van der Waals surface area (Å²) in [5.74, 6) is 0. The van der Waals surface area contributed by atoms with Gasteiger partial charge < -0.3 is 10.7 Å². The van der Waals surface area contributed by atoms with Crippen LogP contribution < -0.4 is 11.4 Å². The van der Waals surface area contributed by atoms with Crippen LogP contribution in [0.5, 0.6) is 0 Å². The van der Waals surface area contributed by atoms with Crippen LogP contribution in [0, 0.1) is 0 Å². The van der Waals surface area contributed by atoms with E-state index in [9.17, 15) is 4.79 Å². The van der Waals surface area contributed by atoms with Crippen molar-refractivity contribution in [3.63, 3.8) is 0 Å². The van der Waals surface area contributed by atoms with Crippen LogP contribution in [0.4, 0.5) is 5.69 Å². The summed E-state index contributed by atoms with van der Waals surface area (Å²) in [6.45, 7) is 0. The van der Waals surface area contributed by atoms with Crippen molar-refractivity contribution in [2.24, 2.45) is 0 Å². The van der Waals surface area contributed by atoms with Crippen LogP contribution in [0.15, 0.2) is 65.6 Å². The van der Waals surface area contributed by atoms with E-state index in [1.807, 2.05) is 42.5 Å². The second-order valence-corrected chi connectivity index (χ2v) is 4.28. The minimum atomic E-state index is -0.176. The van der Waals surface area contributed by atoms with E-state index in [0.29, 0.717) is 5.69 Å². The maximum atomic E-state index is 12.0. The average molecular weight is 251 g/mol. The van der Waals surface area contributed by atoms with Gasteiger partial charge in [-0.25, -0.2) is 4.79 Å². The number of nitrogen functional groups attached to an aromatic ring is 1. The lowest BCUT2D eigenvalue weighted by atomic mass is 10.1. The number of nitrogens with zero attached hydrogens (tertiary/aromatic N) is 1. The zero-order valence-corrected chi connectivity index (χ0v) is 10.2. The third kappa shape index (κ3) is 2.04. The van der Waals surface area contributed by atoms with Gasteiger partial charge in [0, 0.05) is 17.4 Å². The fourth-order valence-electron chi connectivity index (χ4n) is 2.11. The molecule has 94 valence electrons. The summed E-state index contributed by atoms with van der Waals surface area (Å²) in [6, 6.07) is 17.0. The fraction of sp³-hybridized carbons (Fsp3) is 0. The van der Waals surface area contributed by atoms with E-state index < -0.39 is 0 Å². The third-order valence-corrected chi connectivity index (χ3v) is 2.97. The van der Waals surface area contributed by atoms with Crippen molar-refractivity contribution in [1.29, 1.82) is 0 Å². The largest absolute Gasteiger partial charge is 0.399 e. The molecule has 19 heavy (non-hydrogen) atoms. The summed E-state index contributed by atoms with van der Waals surface area (Å²) in [7, 11) is 0. The smallest absolute Gasteiger partial charge is 0.330 e.